The van der Waals surface area contributed by atoms with Gasteiger partial charge in [0.2, 0.25) is 0 Å². The molecule has 102 valence electrons. The monoisotopic (exact) mass is 282 g/mol. The fraction of sp³-hybridized carbons (Fsp3) is 0.455. The molecule has 0 aromatic carbocycles. The summed E-state index contributed by atoms with van der Waals surface area (Å²) in [4.78, 5) is 8.40. The molecule has 0 aliphatic carbocycles. The van der Waals surface area contributed by atoms with E-state index in [2.05, 4.69) is 25.6 Å². The van der Waals surface area contributed by atoms with E-state index >= 15 is 0 Å². The summed E-state index contributed by atoms with van der Waals surface area (Å²) in [7, 11) is 0. The van der Waals surface area contributed by atoms with Crippen molar-refractivity contribution in [3.8, 4) is 0 Å². The molecule has 0 radical (unpaired) electrons. The molecule has 2 aromatic rings. The van der Waals surface area contributed by atoms with Crippen molar-refractivity contribution in [3.05, 3.63) is 29.4 Å². The topological polar surface area (TPSA) is 77.8 Å². The highest BCUT2D eigenvalue weighted by molar-refractivity contribution is 6.29. The molecule has 8 heteroatoms. The van der Waals surface area contributed by atoms with Gasteiger partial charge in [-0.3, -0.25) is 4.68 Å². The molecule has 0 fully saturated rings. The van der Waals surface area contributed by atoms with E-state index in [0.29, 0.717) is 43.1 Å². The van der Waals surface area contributed by atoms with Gasteiger partial charge in [0.25, 0.3) is 0 Å². The summed E-state index contributed by atoms with van der Waals surface area (Å²) in [5.74, 6) is 1.24. The Kier molecular flexibility index (Phi) is 5.05. The Morgan fingerprint density at radius 2 is 2.32 bits per heavy atom. The predicted octanol–water partition coefficient (Wildman–Crippen LogP) is 1.37. The lowest BCUT2D eigenvalue weighted by Gasteiger charge is -2.07. The van der Waals surface area contributed by atoms with E-state index in [0.717, 1.165) is 0 Å². The summed E-state index contributed by atoms with van der Waals surface area (Å²) in [5.41, 5.74) is 0. The van der Waals surface area contributed by atoms with Gasteiger partial charge in [-0.25, -0.2) is 9.97 Å². The van der Waals surface area contributed by atoms with Gasteiger partial charge in [-0.05, 0) is 6.92 Å². The van der Waals surface area contributed by atoms with E-state index < -0.39 is 0 Å². The fourth-order valence-electron chi connectivity index (χ4n) is 1.46. The Morgan fingerprint density at radius 1 is 1.42 bits per heavy atom. The van der Waals surface area contributed by atoms with Crippen LogP contribution in [-0.4, -0.2) is 38.1 Å². The zero-order chi connectivity index (χ0) is 13.5. The molecule has 0 spiro atoms. The second kappa shape index (κ2) is 7.01. The molecule has 19 heavy (non-hydrogen) atoms. The van der Waals surface area contributed by atoms with Crippen LogP contribution < -0.4 is 5.32 Å². The highest BCUT2D eigenvalue weighted by Crippen LogP contribution is 2.12. The first-order chi connectivity index (χ1) is 9.28. The van der Waals surface area contributed by atoms with Gasteiger partial charge in [0.05, 0.1) is 12.7 Å². The van der Waals surface area contributed by atoms with Crippen molar-refractivity contribution in [1.29, 1.82) is 0 Å². The Bertz CT molecular complexity index is 504. The first kappa shape index (κ1) is 13.7. The lowest BCUT2D eigenvalue weighted by Crippen LogP contribution is -2.13. The van der Waals surface area contributed by atoms with Gasteiger partial charge in [-0.2, -0.15) is 0 Å². The van der Waals surface area contributed by atoms with Gasteiger partial charge < -0.3 is 10.1 Å². The van der Waals surface area contributed by atoms with Crippen molar-refractivity contribution in [2.75, 3.05) is 18.5 Å². The van der Waals surface area contributed by atoms with Gasteiger partial charge in [0.1, 0.15) is 17.6 Å². The van der Waals surface area contributed by atoms with E-state index in [-0.39, 0.29) is 0 Å². The summed E-state index contributed by atoms with van der Waals surface area (Å²) >= 11 is 5.93. The minimum absolute atomic E-state index is 0.356. The predicted molar refractivity (Wildman–Crippen MR) is 70.9 cm³/mol. The van der Waals surface area contributed by atoms with Crippen LogP contribution in [0.2, 0.25) is 5.15 Å². The van der Waals surface area contributed by atoms with Crippen LogP contribution >= 0.6 is 11.6 Å². The fourth-order valence-corrected chi connectivity index (χ4v) is 1.66. The van der Waals surface area contributed by atoms with Crippen LogP contribution in [0, 0.1) is 0 Å². The summed E-state index contributed by atoms with van der Waals surface area (Å²) in [6.07, 6.45) is 3.44. The van der Waals surface area contributed by atoms with E-state index in [1.54, 1.807) is 23.1 Å². The van der Waals surface area contributed by atoms with Crippen molar-refractivity contribution >= 4 is 17.4 Å². The molecule has 0 atom stereocenters. The van der Waals surface area contributed by atoms with E-state index in [4.69, 9.17) is 16.3 Å². The van der Waals surface area contributed by atoms with Crippen molar-refractivity contribution in [2.45, 2.75) is 20.1 Å². The van der Waals surface area contributed by atoms with Gasteiger partial charge in [-0.1, -0.05) is 16.8 Å². The average Bonchev–Trinajstić information content (AvgIpc) is 2.89. The number of rotatable bonds is 7. The van der Waals surface area contributed by atoms with Crippen molar-refractivity contribution in [3.63, 3.8) is 0 Å². The lowest BCUT2D eigenvalue weighted by atomic mass is 10.5. The highest BCUT2D eigenvalue weighted by atomic mass is 35.5. The molecule has 2 aromatic heterocycles. The number of hydrogen-bond acceptors (Lipinski definition) is 6. The van der Waals surface area contributed by atoms with E-state index in [1.807, 2.05) is 6.92 Å². The van der Waals surface area contributed by atoms with E-state index in [1.165, 1.54) is 0 Å². The Labute approximate surface area is 116 Å². The van der Waals surface area contributed by atoms with Crippen LogP contribution in [0.4, 0.5) is 5.82 Å². The number of aromatic nitrogens is 5. The summed E-state index contributed by atoms with van der Waals surface area (Å²) in [5, 5.41) is 11.2. The quantitative estimate of drug-likeness (QED) is 0.773. The third kappa shape index (κ3) is 4.46. The molecule has 2 rings (SSSR count). The maximum atomic E-state index is 5.93. The van der Waals surface area contributed by atoms with Crippen molar-refractivity contribution in [1.82, 2.24) is 25.0 Å². The SMILES string of the molecule is CCOCc1nc(Cl)cc(NCCn2ccnn2)n1. The van der Waals surface area contributed by atoms with Gasteiger partial charge in [0, 0.05) is 25.4 Å². The van der Waals surface area contributed by atoms with Crippen LogP contribution in [0.1, 0.15) is 12.7 Å². The van der Waals surface area contributed by atoms with Crippen LogP contribution in [-0.2, 0) is 17.9 Å². The molecule has 0 unspecified atom stereocenters. The smallest absolute Gasteiger partial charge is 0.158 e. The molecule has 0 amide bonds. The zero-order valence-electron chi connectivity index (χ0n) is 10.6. The van der Waals surface area contributed by atoms with Gasteiger partial charge in [0.15, 0.2) is 5.82 Å². The Balaban J connectivity index is 1.90. The molecular weight excluding hydrogens is 268 g/mol. The number of nitrogens with one attached hydrogen (secondary N) is 1. The number of anilines is 1. The number of ether oxygens (including phenoxy) is 1. The maximum Gasteiger partial charge on any atom is 0.158 e. The van der Waals surface area contributed by atoms with Gasteiger partial charge >= 0.3 is 0 Å². The first-order valence-corrected chi connectivity index (χ1v) is 6.35. The molecule has 0 saturated carbocycles. The summed E-state index contributed by atoms with van der Waals surface area (Å²) < 4.78 is 6.99. The van der Waals surface area contributed by atoms with Crippen molar-refractivity contribution < 1.29 is 4.74 Å². The third-order valence-corrected chi connectivity index (χ3v) is 2.49. The van der Waals surface area contributed by atoms with E-state index in [9.17, 15) is 0 Å². The molecular formula is C11H15ClN6O. The molecule has 7 nitrogen and oxygen atoms in total. The van der Waals surface area contributed by atoms with Crippen molar-refractivity contribution in [2.24, 2.45) is 0 Å². The molecule has 0 aliphatic rings. The minimum atomic E-state index is 0.356. The van der Waals surface area contributed by atoms with Crippen LogP contribution in [0.3, 0.4) is 0 Å². The standard InChI is InChI=1S/C11H15ClN6O/c1-2-19-8-11-15-9(12)7-10(16-11)13-3-5-18-6-4-14-17-18/h4,6-7H,2-3,5,8H2,1H3,(H,13,15,16). The highest BCUT2D eigenvalue weighted by Gasteiger charge is 2.03. The maximum absolute atomic E-state index is 5.93. The first-order valence-electron chi connectivity index (χ1n) is 5.97. The minimum Gasteiger partial charge on any atom is -0.374 e. The normalized spacial score (nSPS) is 10.6. The van der Waals surface area contributed by atoms with Crippen LogP contribution in [0.15, 0.2) is 18.5 Å². The third-order valence-electron chi connectivity index (χ3n) is 2.30. The second-order valence-corrected chi connectivity index (χ2v) is 4.11. The molecule has 0 aliphatic heterocycles. The lowest BCUT2D eigenvalue weighted by molar-refractivity contribution is 0.128. The summed E-state index contributed by atoms with van der Waals surface area (Å²) in [6, 6.07) is 1.68. The molecule has 0 saturated heterocycles. The van der Waals surface area contributed by atoms with Gasteiger partial charge in [-0.15, -0.1) is 5.10 Å². The molecule has 0 bridgehead atoms. The zero-order valence-corrected chi connectivity index (χ0v) is 11.3. The second-order valence-electron chi connectivity index (χ2n) is 3.72. The number of hydrogen-bond donors (Lipinski definition) is 1. The van der Waals surface area contributed by atoms with Crippen LogP contribution in [0.5, 0.6) is 0 Å². The average molecular weight is 283 g/mol. The Morgan fingerprint density at radius 3 is 3.05 bits per heavy atom. The largest absolute Gasteiger partial charge is 0.374 e. The molecule has 1 N–H and O–H groups in total. The van der Waals surface area contributed by atoms with Crippen LogP contribution in [0.25, 0.3) is 0 Å². The molecule has 2 heterocycles. The number of halogens is 1. The number of nitrogens with zero attached hydrogens (tertiary/aromatic N) is 5. The summed E-state index contributed by atoms with van der Waals surface area (Å²) in [6.45, 7) is 4.26. The Hall–Kier alpha value is -1.73.